The van der Waals surface area contributed by atoms with Crippen molar-refractivity contribution in [3.63, 3.8) is 0 Å². The number of carbonyl (C=O) groups excluding carboxylic acids is 1. The number of cyclic esters (lactones) is 1. The Bertz CT molecular complexity index is 963. The van der Waals surface area contributed by atoms with Gasteiger partial charge in [-0.25, -0.2) is 14.8 Å². The number of hydrogen-bond donors (Lipinski definition) is 2. The third-order valence-corrected chi connectivity index (χ3v) is 7.19. The highest BCUT2D eigenvalue weighted by molar-refractivity contribution is 7.80. The topological polar surface area (TPSA) is 86.2 Å². The minimum atomic E-state index is -0.299. The van der Waals surface area contributed by atoms with Crippen LogP contribution in [0.3, 0.4) is 0 Å². The molecule has 3 saturated heterocycles. The van der Waals surface area contributed by atoms with E-state index in [-0.39, 0.29) is 12.0 Å². The van der Waals surface area contributed by atoms with Crippen molar-refractivity contribution in [3.8, 4) is 0 Å². The summed E-state index contributed by atoms with van der Waals surface area (Å²) in [6.07, 6.45) is 6.76. The van der Waals surface area contributed by atoms with Crippen LogP contribution < -0.4 is 10.2 Å². The Hall–Kier alpha value is -2.42. The van der Waals surface area contributed by atoms with Crippen LogP contribution in [0.15, 0.2) is 18.6 Å². The molecule has 4 fully saturated rings. The monoisotopic (exact) mass is 398 g/mol. The maximum atomic E-state index is 11.8. The van der Waals surface area contributed by atoms with Crippen molar-refractivity contribution in [2.24, 2.45) is 11.8 Å². The van der Waals surface area contributed by atoms with Crippen LogP contribution in [0, 0.1) is 11.8 Å². The second kappa shape index (κ2) is 6.04. The van der Waals surface area contributed by atoms with Crippen LogP contribution in [0.1, 0.15) is 19.3 Å². The van der Waals surface area contributed by atoms with Crippen LogP contribution in [0.2, 0.25) is 0 Å². The molecule has 2 aromatic rings. The van der Waals surface area contributed by atoms with Crippen LogP contribution in [-0.4, -0.2) is 68.8 Å². The summed E-state index contributed by atoms with van der Waals surface area (Å²) in [6.45, 7) is 2.41. The summed E-state index contributed by atoms with van der Waals surface area (Å²) < 4.78 is 5.06. The first kappa shape index (κ1) is 16.5. The number of hydrogen-bond acceptors (Lipinski definition) is 6. The SMILES string of the molecule is O=C1OCCC1NC(=S)N1C2CN(c3ncnc4[nH]ccc34)CC3CCC3C21. The van der Waals surface area contributed by atoms with Crippen molar-refractivity contribution >= 4 is 40.2 Å². The van der Waals surface area contributed by atoms with Gasteiger partial charge in [0, 0.05) is 25.7 Å². The molecular formula is C19H22N6O2S. The zero-order valence-corrected chi connectivity index (χ0v) is 16.2. The Morgan fingerprint density at radius 3 is 3.00 bits per heavy atom. The molecule has 8 nitrogen and oxygen atoms in total. The fraction of sp³-hybridized carbons (Fsp3) is 0.579. The molecule has 2 aromatic heterocycles. The van der Waals surface area contributed by atoms with E-state index in [0.717, 1.165) is 29.9 Å². The Balaban J connectivity index is 1.25. The first-order valence-corrected chi connectivity index (χ1v) is 10.4. The van der Waals surface area contributed by atoms with Crippen molar-refractivity contribution < 1.29 is 9.53 Å². The van der Waals surface area contributed by atoms with Crippen molar-refractivity contribution in [1.82, 2.24) is 25.2 Å². The molecule has 0 bridgehead atoms. The van der Waals surface area contributed by atoms with Gasteiger partial charge in [-0.1, -0.05) is 0 Å². The number of esters is 1. The number of aromatic nitrogens is 3. The number of thiocarbonyl (C=S) groups is 1. The summed E-state index contributed by atoms with van der Waals surface area (Å²) in [4.78, 5) is 28.6. The summed E-state index contributed by atoms with van der Waals surface area (Å²) in [5, 5.41) is 5.00. The number of rotatable bonds is 2. The molecule has 5 heterocycles. The van der Waals surface area contributed by atoms with Crippen LogP contribution >= 0.6 is 12.2 Å². The molecule has 3 aliphatic heterocycles. The summed E-state index contributed by atoms with van der Waals surface area (Å²) in [7, 11) is 0. The lowest BCUT2D eigenvalue weighted by molar-refractivity contribution is -0.139. The average molecular weight is 398 g/mol. The van der Waals surface area contributed by atoms with Crippen molar-refractivity contribution in [1.29, 1.82) is 0 Å². The Morgan fingerprint density at radius 2 is 2.21 bits per heavy atom. The van der Waals surface area contributed by atoms with Gasteiger partial charge in [0.1, 0.15) is 23.8 Å². The number of anilines is 1. The van der Waals surface area contributed by atoms with E-state index < -0.39 is 0 Å². The van der Waals surface area contributed by atoms with Gasteiger partial charge in [0.05, 0.1) is 24.1 Å². The van der Waals surface area contributed by atoms with Gasteiger partial charge in [-0.15, -0.1) is 0 Å². The molecule has 0 aromatic carbocycles. The number of carbonyl (C=O) groups is 1. The number of aromatic amines is 1. The lowest BCUT2D eigenvalue weighted by Gasteiger charge is -2.39. The molecule has 1 saturated carbocycles. The minimum absolute atomic E-state index is 0.191. The fourth-order valence-corrected chi connectivity index (χ4v) is 5.66. The van der Waals surface area contributed by atoms with E-state index >= 15 is 0 Å². The second-order valence-corrected chi connectivity index (χ2v) is 8.65. The molecule has 5 atom stereocenters. The van der Waals surface area contributed by atoms with Gasteiger partial charge >= 0.3 is 5.97 Å². The van der Waals surface area contributed by atoms with E-state index in [4.69, 9.17) is 17.0 Å². The Morgan fingerprint density at radius 1 is 1.29 bits per heavy atom. The molecule has 146 valence electrons. The van der Waals surface area contributed by atoms with Gasteiger partial charge < -0.3 is 24.8 Å². The van der Waals surface area contributed by atoms with E-state index in [1.165, 1.54) is 12.8 Å². The molecule has 28 heavy (non-hydrogen) atoms. The Kier molecular flexibility index (Phi) is 3.56. The summed E-state index contributed by atoms with van der Waals surface area (Å²) >= 11 is 5.68. The fourth-order valence-electron chi connectivity index (χ4n) is 5.26. The van der Waals surface area contributed by atoms with E-state index in [1.54, 1.807) is 6.33 Å². The largest absolute Gasteiger partial charge is 0.464 e. The van der Waals surface area contributed by atoms with E-state index in [9.17, 15) is 4.79 Å². The number of H-pyrrole nitrogens is 1. The number of nitrogens with zero attached hydrogens (tertiary/aromatic N) is 4. The average Bonchev–Trinajstić information content (AvgIpc) is 3.00. The molecular weight excluding hydrogens is 376 g/mol. The molecule has 5 unspecified atom stereocenters. The third-order valence-electron chi connectivity index (χ3n) is 6.86. The van der Waals surface area contributed by atoms with Crippen LogP contribution in [0.4, 0.5) is 5.82 Å². The summed E-state index contributed by atoms with van der Waals surface area (Å²) in [6, 6.07) is 2.60. The highest BCUT2D eigenvalue weighted by Crippen LogP contribution is 2.51. The van der Waals surface area contributed by atoms with Gasteiger partial charge in [-0.3, -0.25) is 0 Å². The molecule has 0 radical (unpaired) electrons. The Labute approximate surface area is 167 Å². The highest BCUT2D eigenvalue weighted by atomic mass is 32.1. The van der Waals surface area contributed by atoms with Crippen LogP contribution in [-0.2, 0) is 9.53 Å². The van der Waals surface area contributed by atoms with E-state index in [1.807, 2.05) is 12.3 Å². The molecule has 4 aliphatic rings. The summed E-state index contributed by atoms with van der Waals surface area (Å²) in [5.74, 6) is 2.16. The minimum Gasteiger partial charge on any atom is -0.464 e. The van der Waals surface area contributed by atoms with Gasteiger partial charge in [0.25, 0.3) is 0 Å². The van der Waals surface area contributed by atoms with Crippen molar-refractivity contribution in [3.05, 3.63) is 18.6 Å². The lowest BCUT2D eigenvalue weighted by Crippen LogP contribution is -2.45. The molecule has 0 amide bonds. The van der Waals surface area contributed by atoms with Crippen molar-refractivity contribution in [2.75, 3.05) is 24.6 Å². The van der Waals surface area contributed by atoms with Crippen LogP contribution in [0.5, 0.6) is 0 Å². The van der Waals surface area contributed by atoms with Gasteiger partial charge in [0.15, 0.2) is 5.11 Å². The lowest BCUT2D eigenvalue weighted by atomic mass is 9.71. The predicted octanol–water partition coefficient (Wildman–Crippen LogP) is 1.05. The summed E-state index contributed by atoms with van der Waals surface area (Å²) in [5.41, 5.74) is 0.876. The van der Waals surface area contributed by atoms with E-state index in [0.29, 0.717) is 42.1 Å². The maximum Gasteiger partial charge on any atom is 0.328 e. The second-order valence-electron chi connectivity index (χ2n) is 8.27. The van der Waals surface area contributed by atoms with Gasteiger partial charge in [-0.2, -0.15) is 0 Å². The standard InChI is InChI=1S/C19H22N6O2S/c26-18-13(4-6-27-18)23-19(28)25-14-8-24(7-10-1-2-11(10)15(14)25)17-12-3-5-20-16(12)21-9-22-17/h3,5,9-11,13-15H,1-2,4,6-8H2,(H,23,28)(H,20,21,22). The number of fused-ring (bicyclic) bond motifs is 4. The number of nitrogens with one attached hydrogen (secondary N) is 2. The molecule has 1 aliphatic carbocycles. The first-order chi connectivity index (χ1) is 13.7. The zero-order valence-electron chi connectivity index (χ0n) is 15.4. The van der Waals surface area contributed by atoms with Gasteiger partial charge in [0.2, 0.25) is 0 Å². The van der Waals surface area contributed by atoms with Crippen LogP contribution in [0.25, 0.3) is 11.0 Å². The van der Waals surface area contributed by atoms with Crippen molar-refractivity contribution in [2.45, 2.75) is 37.4 Å². The van der Waals surface area contributed by atoms with E-state index in [2.05, 4.69) is 30.1 Å². The molecule has 9 heteroatoms. The third kappa shape index (κ3) is 2.41. The molecule has 2 N–H and O–H groups in total. The molecule has 0 spiro atoms. The normalized spacial score (nSPS) is 33.6. The highest BCUT2D eigenvalue weighted by Gasteiger charge is 2.60. The molecule has 6 rings (SSSR count). The predicted molar refractivity (Wildman–Crippen MR) is 107 cm³/mol. The first-order valence-electron chi connectivity index (χ1n) is 9.99. The smallest absolute Gasteiger partial charge is 0.328 e. The zero-order chi connectivity index (χ0) is 18.8. The number of ether oxygens (including phenoxy) is 1. The maximum absolute atomic E-state index is 11.8. The quantitative estimate of drug-likeness (QED) is 0.441. The van der Waals surface area contributed by atoms with Gasteiger partial charge in [-0.05, 0) is 43.0 Å².